The Morgan fingerprint density at radius 3 is 2.53 bits per heavy atom. The summed E-state index contributed by atoms with van der Waals surface area (Å²) in [6.07, 6.45) is 0.823. The van der Waals surface area contributed by atoms with Gasteiger partial charge in [0.15, 0.2) is 0 Å². The minimum atomic E-state index is 0.0766. The van der Waals surface area contributed by atoms with Gasteiger partial charge in [0.05, 0.1) is 0 Å². The predicted octanol–water partition coefficient (Wildman–Crippen LogP) is 1.64. The van der Waals surface area contributed by atoms with E-state index in [1.54, 1.807) is 0 Å². The van der Waals surface area contributed by atoms with Crippen LogP contribution in [0.2, 0.25) is 0 Å². The second-order valence-corrected chi connectivity index (χ2v) is 4.75. The lowest BCUT2D eigenvalue weighted by Gasteiger charge is -2.25. The minimum absolute atomic E-state index is 0.0766. The van der Waals surface area contributed by atoms with Gasteiger partial charge in [-0.2, -0.15) is 0 Å². The van der Waals surface area contributed by atoms with Crippen LogP contribution in [0.5, 0.6) is 0 Å². The molecule has 0 aromatic heterocycles. The van der Waals surface area contributed by atoms with E-state index in [0.717, 1.165) is 19.5 Å². The fourth-order valence-corrected chi connectivity index (χ4v) is 2.04. The molecular formula is C14H24N2O. The first-order chi connectivity index (χ1) is 8.15. The van der Waals surface area contributed by atoms with Crippen LogP contribution in [0.1, 0.15) is 24.9 Å². The van der Waals surface area contributed by atoms with E-state index in [9.17, 15) is 0 Å². The lowest BCUT2D eigenvalue weighted by atomic mass is 9.95. The number of hydrogen-bond acceptors (Lipinski definition) is 3. The van der Waals surface area contributed by atoms with E-state index in [-0.39, 0.29) is 12.6 Å². The molecule has 2 atom stereocenters. The summed E-state index contributed by atoms with van der Waals surface area (Å²) >= 11 is 0. The Balaban J connectivity index is 2.44. The van der Waals surface area contributed by atoms with Gasteiger partial charge in [-0.3, -0.25) is 0 Å². The molecule has 1 aromatic carbocycles. The SMILES string of the molecule is CC(CN(C)CCCO)C(N)c1ccccc1. The number of hydrogen-bond donors (Lipinski definition) is 2. The summed E-state index contributed by atoms with van der Waals surface area (Å²) in [4.78, 5) is 2.23. The highest BCUT2D eigenvalue weighted by molar-refractivity contribution is 5.19. The molecule has 0 heterocycles. The van der Waals surface area contributed by atoms with Crippen LogP contribution in [0.15, 0.2) is 30.3 Å². The molecule has 0 radical (unpaired) electrons. The molecule has 3 N–H and O–H groups in total. The van der Waals surface area contributed by atoms with E-state index in [4.69, 9.17) is 10.8 Å². The van der Waals surface area contributed by atoms with Crippen molar-refractivity contribution in [3.8, 4) is 0 Å². The zero-order valence-electron chi connectivity index (χ0n) is 10.8. The summed E-state index contributed by atoms with van der Waals surface area (Å²) in [7, 11) is 2.07. The predicted molar refractivity (Wildman–Crippen MR) is 71.7 cm³/mol. The van der Waals surface area contributed by atoms with E-state index >= 15 is 0 Å². The average molecular weight is 236 g/mol. The van der Waals surface area contributed by atoms with Gasteiger partial charge < -0.3 is 15.7 Å². The van der Waals surface area contributed by atoms with Gasteiger partial charge >= 0.3 is 0 Å². The van der Waals surface area contributed by atoms with E-state index < -0.39 is 0 Å². The van der Waals surface area contributed by atoms with E-state index in [1.165, 1.54) is 5.56 Å². The molecule has 1 aromatic rings. The monoisotopic (exact) mass is 236 g/mol. The molecule has 0 saturated carbocycles. The Morgan fingerprint density at radius 2 is 1.94 bits per heavy atom. The van der Waals surface area contributed by atoms with Crippen molar-refractivity contribution in [2.75, 3.05) is 26.7 Å². The average Bonchev–Trinajstić information content (AvgIpc) is 2.36. The molecule has 96 valence electrons. The first kappa shape index (κ1) is 14.2. The molecule has 3 heteroatoms. The first-order valence-corrected chi connectivity index (χ1v) is 6.25. The van der Waals surface area contributed by atoms with Gasteiger partial charge in [0.2, 0.25) is 0 Å². The number of aliphatic hydroxyl groups is 1. The van der Waals surface area contributed by atoms with Gasteiger partial charge in [-0.1, -0.05) is 37.3 Å². The molecule has 0 spiro atoms. The molecule has 0 bridgehead atoms. The molecular weight excluding hydrogens is 212 g/mol. The highest BCUT2D eigenvalue weighted by atomic mass is 16.3. The summed E-state index contributed by atoms with van der Waals surface area (Å²) in [6, 6.07) is 10.3. The molecule has 0 amide bonds. The largest absolute Gasteiger partial charge is 0.396 e. The Labute approximate surface area is 104 Å². The zero-order chi connectivity index (χ0) is 12.7. The smallest absolute Gasteiger partial charge is 0.0443 e. The van der Waals surface area contributed by atoms with Gasteiger partial charge in [0, 0.05) is 25.7 Å². The van der Waals surface area contributed by atoms with Crippen LogP contribution in [0.25, 0.3) is 0 Å². The van der Waals surface area contributed by atoms with E-state index in [1.807, 2.05) is 18.2 Å². The van der Waals surface area contributed by atoms with Crippen molar-refractivity contribution in [2.45, 2.75) is 19.4 Å². The third kappa shape index (κ3) is 4.86. The number of aliphatic hydroxyl groups excluding tert-OH is 1. The lowest BCUT2D eigenvalue weighted by molar-refractivity contribution is 0.223. The highest BCUT2D eigenvalue weighted by Crippen LogP contribution is 2.19. The van der Waals surface area contributed by atoms with Crippen LogP contribution in [0.3, 0.4) is 0 Å². The standard InChI is InChI=1S/C14H24N2O/c1-12(11-16(2)9-6-10-17)14(15)13-7-4-3-5-8-13/h3-5,7-8,12,14,17H,6,9-11,15H2,1-2H3. The van der Waals surface area contributed by atoms with Gasteiger partial charge in [-0.15, -0.1) is 0 Å². The molecule has 0 fully saturated rings. The van der Waals surface area contributed by atoms with Crippen molar-refractivity contribution >= 4 is 0 Å². The molecule has 1 rings (SSSR count). The molecule has 0 aliphatic carbocycles. The summed E-state index contributed by atoms with van der Waals surface area (Å²) in [5.74, 6) is 0.404. The number of rotatable bonds is 7. The molecule has 0 saturated heterocycles. The number of nitrogens with two attached hydrogens (primary N) is 1. The quantitative estimate of drug-likeness (QED) is 0.756. The zero-order valence-corrected chi connectivity index (χ0v) is 10.8. The van der Waals surface area contributed by atoms with Crippen LogP contribution in [0.4, 0.5) is 0 Å². The summed E-state index contributed by atoms with van der Waals surface area (Å²) < 4.78 is 0. The van der Waals surface area contributed by atoms with Crippen molar-refractivity contribution in [1.29, 1.82) is 0 Å². The van der Waals surface area contributed by atoms with Crippen LogP contribution in [-0.2, 0) is 0 Å². The summed E-state index contributed by atoms with van der Waals surface area (Å²) in [6.45, 7) is 4.30. The maximum absolute atomic E-state index is 8.79. The van der Waals surface area contributed by atoms with Crippen LogP contribution >= 0.6 is 0 Å². The third-order valence-electron chi connectivity index (χ3n) is 3.10. The summed E-state index contributed by atoms with van der Waals surface area (Å²) in [5, 5.41) is 8.79. The Kier molecular flexibility index (Phi) is 6.19. The maximum atomic E-state index is 8.79. The molecule has 3 nitrogen and oxygen atoms in total. The van der Waals surface area contributed by atoms with Gasteiger partial charge in [-0.05, 0) is 24.9 Å². The number of nitrogens with zero attached hydrogens (tertiary/aromatic N) is 1. The molecule has 0 aliphatic rings. The van der Waals surface area contributed by atoms with Crippen LogP contribution in [0, 0.1) is 5.92 Å². The fourth-order valence-electron chi connectivity index (χ4n) is 2.04. The van der Waals surface area contributed by atoms with Crippen LogP contribution < -0.4 is 5.73 Å². The Morgan fingerprint density at radius 1 is 1.29 bits per heavy atom. The lowest BCUT2D eigenvalue weighted by Crippen LogP contribution is -2.32. The molecule has 2 unspecified atom stereocenters. The van der Waals surface area contributed by atoms with Gasteiger partial charge in [0.1, 0.15) is 0 Å². The molecule has 17 heavy (non-hydrogen) atoms. The number of benzene rings is 1. The second-order valence-electron chi connectivity index (χ2n) is 4.75. The van der Waals surface area contributed by atoms with Crippen LogP contribution in [-0.4, -0.2) is 36.8 Å². The normalized spacial score (nSPS) is 14.9. The van der Waals surface area contributed by atoms with Gasteiger partial charge in [0.25, 0.3) is 0 Å². The third-order valence-corrected chi connectivity index (χ3v) is 3.10. The summed E-state index contributed by atoms with van der Waals surface area (Å²) in [5.41, 5.74) is 7.43. The molecule has 0 aliphatic heterocycles. The fraction of sp³-hybridized carbons (Fsp3) is 0.571. The van der Waals surface area contributed by atoms with Gasteiger partial charge in [-0.25, -0.2) is 0 Å². The van der Waals surface area contributed by atoms with Crippen molar-refractivity contribution in [2.24, 2.45) is 11.7 Å². The topological polar surface area (TPSA) is 49.5 Å². The van der Waals surface area contributed by atoms with Crippen molar-refractivity contribution < 1.29 is 5.11 Å². The Bertz CT molecular complexity index is 302. The maximum Gasteiger partial charge on any atom is 0.0443 e. The van der Waals surface area contributed by atoms with E-state index in [0.29, 0.717) is 5.92 Å². The minimum Gasteiger partial charge on any atom is -0.396 e. The Hall–Kier alpha value is -0.900. The van der Waals surface area contributed by atoms with Crippen molar-refractivity contribution in [1.82, 2.24) is 4.90 Å². The van der Waals surface area contributed by atoms with E-state index in [2.05, 4.69) is 31.0 Å². The second kappa shape index (κ2) is 7.43. The highest BCUT2D eigenvalue weighted by Gasteiger charge is 2.16. The first-order valence-electron chi connectivity index (χ1n) is 6.25. The van der Waals surface area contributed by atoms with Crippen molar-refractivity contribution in [3.05, 3.63) is 35.9 Å². The van der Waals surface area contributed by atoms with Crippen molar-refractivity contribution in [3.63, 3.8) is 0 Å².